The number of ether oxygens (including phenoxy) is 1. The van der Waals surface area contributed by atoms with Gasteiger partial charge in [0.05, 0.1) is 35.9 Å². The van der Waals surface area contributed by atoms with Gasteiger partial charge in [0.2, 0.25) is 0 Å². The zero-order chi connectivity index (χ0) is 25.6. The van der Waals surface area contributed by atoms with Gasteiger partial charge >= 0.3 is 0 Å². The molecule has 1 aromatic heterocycles. The van der Waals surface area contributed by atoms with E-state index in [1.54, 1.807) is 30.3 Å². The molecule has 0 spiro atoms. The average molecular weight is 512 g/mol. The van der Waals surface area contributed by atoms with E-state index in [1.165, 1.54) is 0 Å². The maximum atomic E-state index is 14.0. The van der Waals surface area contributed by atoms with Crippen molar-refractivity contribution in [1.29, 1.82) is 0 Å². The van der Waals surface area contributed by atoms with Crippen LogP contribution in [0, 0.1) is 24.4 Å². The average Bonchev–Trinajstić information content (AvgIpc) is 3.48. The minimum Gasteiger partial charge on any atom is -0.495 e. The van der Waals surface area contributed by atoms with Crippen LogP contribution in [0.2, 0.25) is 5.02 Å². The Morgan fingerprint density at radius 2 is 1.78 bits per heavy atom. The lowest BCUT2D eigenvalue weighted by Crippen LogP contribution is -2.14. The van der Waals surface area contributed by atoms with Crippen molar-refractivity contribution in [2.24, 2.45) is 0 Å². The summed E-state index contributed by atoms with van der Waals surface area (Å²) in [4.78, 5) is 4.27. The van der Waals surface area contributed by atoms with Gasteiger partial charge in [-0.25, -0.2) is 18.2 Å². The van der Waals surface area contributed by atoms with E-state index in [9.17, 15) is 13.2 Å². The highest BCUT2D eigenvalue weighted by Crippen LogP contribution is 2.39. The first-order valence-electron chi connectivity index (χ1n) is 11.2. The van der Waals surface area contributed by atoms with Crippen LogP contribution in [-0.2, 0) is 0 Å². The molecule has 0 radical (unpaired) electrons. The summed E-state index contributed by atoms with van der Waals surface area (Å²) in [6.45, 7) is 3.75. The first-order valence-corrected chi connectivity index (χ1v) is 11.6. The van der Waals surface area contributed by atoms with Gasteiger partial charge in [-0.3, -0.25) is 0 Å². The Hall–Kier alpha value is -3.85. The summed E-state index contributed by atoms with van der Waals surface area (Å²) in [5, 5.41) is 9.15. The molecule has 36 heavy (non-hydrogen) atoms. The van der Waals surface area contributed by atoms with Crippen LogP contribution in [0.5, 0.6) is 5.75 Å². The lowest BCUT2D eigenvalue weighted by atomic mass is 10.0. The molecule has 6 nitrogen and oxygen atoms in total. The second kappa shape index (κ2) is 9.31. The third kappa shape index (κ3) is 4.09. The predicted molar refractivity (Wildman–Crippen MR) is 130 cm³/mol. The molecule has 3 aromatic rings. The van der Waals surface area contributed by atoms with E-state index in [0.717, 1.165) is 29.1 Å². The van der Waals surface area contributed by atoms with Crippen LogP contribution in [0.25, 0.3) is 28.3 Å². The number of halogens is 4. The number of methoxy groups -OCH3 is 1. The number of hydrogen-bond donors (Lipinski definition) is 0. The molecular weight excluding hydrogens is 491 g/mol. The number of hydrogen-bond acceptors (Lipinski definition) is 4. The zero-order valence-corrected chi connectivity index (χ0v) is 20.4. The minimum atomic E-state index is -1.51. The molecule has 0 aliphatic carbocycles. The normalized spacial score (nSPS) is 12.3. The highest BCUT2D eigenvalue weighted by Gasteiger charge is 2.25. The highest BCUT2D eigenvalue weighted by atomic mass is 35.5. The fourth-order valence-corrected chi connectivity index (χ4v) is 4.62. The molecule has 0 saturated carbocycles. The van der Waals surface area contributed by atoms with Crippen molar-refractivity contribution in [1.82, 2.24) is 24.3 Å². The first-order chi connectivity index (χ1) is 17.3. The third-order valence-electron chi connectivity index (χ3n) is 6.09. The van der Waals surface area contributed by atoms with Crippen LogP contribution >= 0.6 is 11.6 Å². The van der Waals surface area contributed by atoms with Gasteiger partial charge in [-0.05, 0) is 49.2 Å². The summed E-state index contributed by atoms with van der Waals surface area (Å²) >= 11 is 6.46. The van der Waals surface area contributed by atoms with Crippen molar-refractivity contribution >= 4 is 11.6 Å². The number of pyridine rings is 1. The van der Waals surface area contributed by atoms with Crippen LogP contribution in [0.3, 0.4) is 0 Å². The maximum Gasteiger partial charge on any atom is 0.194 e. The number of aryl methyl sites for hydroxylation is 1. The summed E-state index contributed by atoms with van der Waals surface area (Å²) in [6.07, 6.45) is 5.67. The van der Waals surface area contributed by atoms with Crippen LogP contribution < -0.4 is 4.74 Å². The molecule has 0 saturated heterocycles. The molecule has 0 bridgehead atoms. The van der Waals surface area contributed by atoms with Crippen molar-refractivity contribution < 1.29 is 17.9 Å². The van der Waals surface area contributed by atoms with Crippen molar-refractivity contribution in [3.63, 3.8) is 0 Å². The molecule has 5 rings (SSSR count). The van der Waals surface area contributed by atoms with E-state index < -0.39 is 23.5 Å². The smallest absolute Gasteiger partial charge is 0.194 e. The molecule has 1 atom stereocenters. The van der Waals surface area contributed by atoms with Gasteiger partial charge in [-0.15, -0.1) is 10.2 Å². The van der Waals surface area contributed by atoms with E-state index in [2.05, 4.69) is 15.2 Å². The Kier molecular flexibility index (Phi) is 6.17. The monoisotopic (exact) mass is 511 g/mol. The standard InChI is InChI=1S/C26H21ClF3N5O/c1-4-21(16-7-19(28)24(30)20(29)8-16)35-12-17(27)10-18-25(32-33-26(18)35)15-5-6-22(23(9-15)36-3)34-11-14(2)31-13-34/h5-13,21H,4H2,1-3H3/t21-/m1/s1. The molecule has 0 amide bonds. The quantitative estimate of drug-likeness (QED) is 0.240. The Labute approximate surface area is 210 Å². The Morgan fingerprint density at radius 1 is 1.03 bits per heavy atom. The van der Waals surface area contributed by atoms with Gasteiger partial charge in [0.1, 0.15) is 11.4 Å². The Morgan fingerprint density at radius 3 is 2.42 bits per heavy atom. The van der Waals surface area contributed by atoms with Crippen molar-refractivity contribution in [3.05, 3.63) is 88.9 Å². The summed E-state index contributed by atoms with van der Waals surface area (Å²) < 4.78 is 50.8. The number of rotatable bonds is 6. The summed E-state index contributed by atoms with van der Waals surface area (Å²) in [5.74, 6) is -2.93. The number of imidazole rings is 1. The molecule has 3 heterocycles. The minimum absolute atomic E-state index is 0.258. The molecule has 0 N–H and O–H groups in total. The zero-order valence-electron chi connectivity index (χ0n) is 19.6. The van der Waals surface area contributed by atoms with Gasteiger partial charge in [0.25, 0.3) is 0 Å². The van der Waals surface area contributed by atoms with Crippen LogP contribution in [0.15, 0.2) is 55.1 Å². The van der Waals surface area contributed by atoms with Gasteiger partial charge in [0.15, 0.2) is 23.3 Å². The molecule has 2 aliphatic rings. The number of benzene rings is 2. The summed E-state index contributed by atoms with van der Waals surface area (Å²) in [6, 6.07) is 8.80. The Balaban J connectivity index is 1.59. The second-order valence-electron chi connectivity index (χ2n) is 8.38. The van der Waals surface area contributed by atoms with E-state index in [0.29, 0.717) is 34.3 Å². The predicted octanol–water partition coefficient (Wildman–Crippen LogP) is 6.62. The van der Waals surface area contributed by atoms with E-state index in [4.69, 9.17) is 16.3 Å². The van der Waals surface area contributed by atoms with E-state index in [-0.39, 0.29) is 5.56 Å². The van der Waals surface area contributed by atoms with Crippen LogP contribution in [-0.4, -0.2) is 31.4 Å². The largest absolute Gasteiger partial charge is 0.495 e. The van der Waals surface area contributed by atoms with Crippen molar-refractivity contribution in [3.8, 4) is 34.1 Å². The molecule has 2 aromatic carbocycles. The third-order valence-corrected chi connectivity index (χ3v) is 6.29. The second-order valence-corrected chi connectivity index (χ2v) is 8.82. The van der Waals surface area contributed by atoms with E-state index >= 15 is 0 Å². The van der Waals surface area contributed by atoms with Gasteiger partial charge in [0, 0.05) is 23.5 Å². The fourth-order valence-electron chi connectivity index (χ4n) is 4.41. The first kappa shape index (κ1) is 23.9. The lowest BCUT2D eigenvalue weighted by molar-refractivity contribution is 0.413. The molecule has 0 fully saturated rings. The molecule has 2 aliphatic heterocycles. The topological polar surface area (TPSA) is 57.8 Å². The van der Waals surface area contributed by atoms with Crippen molar-refractivity contribution in [2.45, 2.75) is 26.3 Å². The molecule has 0 unspecified atom stereocenters. The lowest BCUT2D eigenvalue weighted by Gasteiger charge is -2.23. The maximum absolute atomic E-state index is 14.0. The van der Waals surface area contributed by atoms with E-state index in [1.807, 2.05) is 42.8 Å². The van der Waals surface area contributed by atoms with Gasteiger partial charge in [-0.1, -0.05) is 24.6 Å². The van der Waals surface area contributed by atoms with Gasteiger partial charge < -0.3 is 13.9 Å². The van der Waals surface area contributed by atoms with Gasteiger partial charge in [-0.2, -0.15) is 0 Å². The summed E-state index contributed by atoms with van der Waals surface area (Å²) in [5.41, 5.74) is 3.91. The molecule has 184 valence electrons. The SMILES string of the molecule is CC[C@H](c1cc(F)c(F)c(F)c1)n1cc(Cl)cc2c(-c3ccc(-n4cnc(C)c4)c(OC)c3)nnc1-2. The van der Waals surface area contributed by atoms with Crippen LogP contribution in [0.4, 0.5) is 13.2 Å². The van der Waals surface area contributed by atoms with Crippen LogP contribution in [0.1, 0.15) is 30.6 Å². The summed E-state index contributed by atoms with van der Waals surface area (Å²) in [7, 11) is 1.58. The molecular formula is C26H21ClF3N5O. The highest BCUT2D eigenvalue weighted by molar-refractivity contribution is 6.30. The Bertz CT molecular complexity index is 1520. The number of fused-ring (bicyclic) bond motifs is 1. The fraction of sp³-hybridized carbons (Fsp3) is 0.192. The van der Waals surface area contributed by atoms with Crippen molar-refractivity contribution in [2.75, 3.05) is 7.11 Å². The number of nitrogens with zero attached hydrogens (tertiary/aromatic N) is 5. The molecule has 10 heteroatoms. The number of aromatic nitrogens is 5.